The molecular weight excluding hydrogens is 502 g/mol. The zero-order chi connectivity index (χ0) is 26.9. The van der Waals surface area contributed by atoms with Crippen molar-refractivity contribution < 1.29 is 32.2 Å². The van der Waals surface area contributed by atoms with Gasteiger partial charge in [0.15, 0.2) is 0 Å². The normalized spacial score (nSPS) is 22.3. The molecule has 0 spiro atoms. The van der Waals surface area contributed by atoms with Gasteiger partial charge >= 0.3 is 6.18 Å². The van der Waals surface area contributed by atoms with Crippen molar-refractivity contribution in [3.05, 3.63) is 47.9 Å². The molecule has 2 aliphatic heterocycles. The first-order valence-electron chi connectivity index (χ1n) is 13.3. The Morgan fingerprint density at radius 2 is 1.87 bits per heavy atom. The smallest absolute Gasteiger partial charge is 0.395 e. The highest BCUT2D eigenvalue weighted by atomic mass is 19.4. The van der Waals surface area contributed by atoms with Crippen LogP contribution in [0.2, 0.25) is 0 Å². The van der Waals surface area contributed by atoms with Crippen LogP contribution in [0.25, 0.3) is 11.1 Å². The van der Waals surface area contributed by atoms with Crippen LogP contribution in [0.5, 0.6) is 5.88 Å². The fraction of sp³-hybridized carbons (Fsp3) is 0.571. The predicted molar refractivity (Wildman–Crippen MR) is 133 cm³/mol. The van der Waals surface area contributed by atoms with Crippen molar-refractivity contribution in [1.82, 2.24) is 14.8 Å². The Hall–Kier alpha value is -2.72. The molecule has 2 aromatic rings. The van der Waals surface area contributed by atoms with Gasteiger partial charge in [0, 0.05) is 48.6 Å². The lowest BCUT2D eigenvalue weighted by molar-refractivity contribution is -0.256. The summed E-state index contributed by atoms with van der Waals surface area (Å²) in [5.41, 5.74) is -0.416. The number of hydrogen-bond donors (Lipinski definition) is 1. The molecule has 38 heavy (non-hydrogen) atoms. The monoisotopic (exact) mass is 535 g/mol. The Morgan fingerprint density at radius 1 is 1.11 bits per heavy atom. The van der Waals surface area contributed by atoms with Gasteiger partial charge in [0.25, 0.3) is 5.91 Å². The number of carbonyl (C=O) groups is 1. The van der Waals surface area contributed by atoms with E-state index < -0.39 is 23.5 Å². The molecule has 1 aliphatic carbocycles. The molecule has 3 aliphatic rings. The van der Waals surface area contributed by atoms with Crippen LogP contribution in [0.15, 0.2) is 36.5 Å². The molecule has 6 nitrogen and oxygen atoms in total. The van der Waals surface area contributed by atoms with Crippen molar-refractivity contribution in [3.8, 4) is 17.0 Å². The molecule has 1 atom stereocenters. The molecule has 1 aromatic carbocycles. The number of amides is 1. The van der Waals surface area contributed by atoms with E-state index in [2.05, 4.69) is 4.98 Å². The van der Waals surface area contributed by atoms with Gasteiger partial charge in [0.05, 0.1) is 18.1 Å². The van der Waals surface area contributed by atoms with Crippen molar-refractivity contribution in [2.45, 2.75) is 50.8 Å². The average Bonchev–Trinajstić information content (AvgIpc) is 3.31. The highest BCUT2D eigenvalue weighted by molar-refractivity contribution is 5.95. The zero-order valence-corrected chi connectivity index (χ0v) is 21.2. The minimum atomic E-state index is -4.14. The summed E-state index contributed by atoms with van der Waals surface area (Å²) < 4.78 is 61.1. The van der Waals surface area contributed by atoms with Crippen LogP contribution in [0.3, 0.4) is 0 Å². The maximum absolute atomic E-state index is 14.8. The molecule has 5 rings (SSSR count). The molecule has 3 heterocycles. The summed E-state index contributed by atoms with van der Waals surface area (Å²) in [7, 11) is 0. The number of β-amino-alcohol motifs (C(OH)–C–C–N with tert-alkyl or cyclic N) is 1. The first-order chi connectivity index (χ1) is 18.1. The third-order valence-electron chi connectivity index (χ3n) is 8.33. The Morgan fingerprint density at radius 3 is 2.42 bits per heavy atom. The first kappa shape index (κ1) is 26.9. The molecule has 206 valence electrons. The topological polar surface area (TPSA) is 65.9 Å². The van der Waals surface area contributed by atoms with Gasteiger partial charge in [0.2, 0.25) is 5.88 Å². The molecule has 2 saturated heterocycles. The number of ether oxygens (including phenoxy) is 1. The molecule has 0 unspecified atom stereocenters. The highest BCUT2D eigenvalue weighted by Crippen LogP contribution is 2.53. The Labute approximate surface area is 219 Å². The highest BCUT2D eigenvalue weighted by Gasteiger charge is 2.58. The van der Waals surface area contributed by atoms with E-state index in [1.807, 2.05) is 4.90 Å². The van der Waals surface area contributed by atoms with Crippen LogP contribution in [0.4, 0.5) is 17.6 Å². The largest absolute Gasteiger partial charge is 0.477 e. The van der Waals surface area contributed by atoms with Crippen molar-refractivity contribution >= 4 is 5.91 Å². The average molecular weight is 536 g/mol. The SMILES string of the molecule is O=C(c1ccc(-c2ccc(OCC3CCN(CC4(C(F)(F)F)CCC4)CC3)nc2)c(F)c1)N1CC[C@@H](O)C1. The number of piperidine rings is 1. The summed E-state index contributed by atoms with van der Waals surface area (Å²) in [6.07, 6.45) is 0.0374. The number of benzene rings is 1. The Bertz CT molecular complexity index is 1130. The van der Waals surface area contributed by atoms with E-state index in [0.717, 1.165) is 12.8 Å². The number of aliphatic hydroxyl groups is 1. The van der Waals surface area contributed by atoms with Crippen LogP contribution < -0.4 is 4.74 Å². The number of hydrogen-bond acceptors (Lipinski definition) is 5. The number of halogens is 4. The number of pyridine rings is 1. The standard InChI is InChI=1S/C28H33F4N3O3/c29-24-14-20(26(37)35-13-8-22(36)16-35)2-4-23(24)21-3-5-25(33-15-21)38-17-19-6-11-34(12-7-19)18-27(9-1-10-27)28(30,31)32/h2-5,14-15,19,22,36H,1,6-13,16-18H2/t22-/m1/s1. The Kier molecular flexibility index (Phi) is 7.64. The van der Waals surface area contributed by atoms with Gasteiger partial charge in [-0.05, 0) is 69.3 Å². The lowest BCUT2D eigenvalue weighted by Crippen LogP contribution is -2.53. The molecule has 0 bridgehead atoms. The number of alkyl halides is 3. The molecule has 1 aromatic heterocycles. The Balaban J connectivity index is 1.11. The molecule has 1 saturated carbocycles. The van der Waals surface area contributed by atoms with Gasteiger partial charge in [-0.25, -0.2) is 9.37 Å². The van der Waals surface area contributed by atoms with E-state index in [1.165, 1.54) is 17.2 Å². The van der Waals surface area contributed by atoms with Crippen LogP contribution in [-0.2, 0) is 0 Å². The minimum absolute atomic E-state index is 0.0974. The molecule has 1 N–H and O–H groups in total. The molecule has 3 fully saturated rings. The number of carbonyl (C=O) groups excluding carboxylic acids is 1. The van der Waals surface area contributed by atoms with Gasteiger partial charge < -0.3 is 19.6 Å². The second-order valence-corrected chi connectivity index (χ2v) is 10.9. The summed E-state index contributed by atoms with van der Waals surface area (Å²) in [5, 5.41) is 9.64. The number of rotatable bonds is 7. The first-order valence-corrected chi connectivity index (χ1v) is 13.3. The number of likely N-dealkylation sites (tertiary alicyclic amines) is 2. The van der Waals surface area contributed by atoms with Crippen molar-refractivity contribution in [1.29, 1.82) is 0 Å². The van der Waals surface area contributed by atoms with E-state index in [1.54, 1.807) is 24.3 Å². The fourth-order valence-corrected chi connectivity index (χ4v) is 5.69. The van der Waals surface area contributed by atoms with Gasteiger partial charge in [-0.15, -0.1) is 0 Å². The van der Waals surface area contributed by atoms with E-state index in [9.17, 15) is 27.5 Å². The van der Waals surface area contributed by atoms with Gasteiger partial charge in [-0.3, -0.25) is 4.79 Å². The van der Waals surface area contributed by atoms with Gasteiger partial charge in [-0.1, -0.05) is 12.5 Å². The second kappa shape index (κ2) is 10.8. The molecular formula is C28H33F4N3O3. The lowest BCUT2D eigenvalue weighted by Gasteiger charge is -2.47. The van der Waals surface area contributed by atoms with Crippen LogP contribution >= 0.6 is 0 Å². The molecule has 0 radical (unpaired) electrons. The quantitative estimate of drug-likeness (QED) is 0.510. The van der Waals surface area contributed by atoms with E-state index in [0.29, 0.717) is 56.1 Å². The summed E-state index contributed by atoms with van der Waals surface area (Å²) in [6, 6.07) is 7.70. The van der Waals surface area contributed by atoms with Crippen molar-refractivity contribution in [3.63, 3.8) is 0 Å². The third kappa shape index (κ3) is 5.66. The van der Waals surface area contributed by atoms with Gasteiger partial charge in [0.1, 0.15) is 5.82 Å². The van der Waals surface area contributed by atoms with Crippen molar-refractivity contribution in [2.24, 2.45) is 11.3 Å². The van der Waals surface area contributed by atoms with Crippen LogP contribution in [-0.4, -0.2) is 77.4 Å². The van der Waals surface area contributed by atoms with E-state index in [-0.39, 0.29) is 43.3 Å². The minimum Gasteiger partial charge on any atom is -0.477 e. The van der Waals surface area contributed by atoms with Crippen molar-refractivity contribution in [2.75, 3.05) is 39.3 Å². The second-order valence-electron chi connectivity index (χ2n) is 10.9. The van der Waals surface area contributed by atoms with Gasteiger partial charge in [-0.2, -0.15) is 13.2 Å². The maximum atomic E-state index is 14.8. The predicted octanol–water partition coefficient (Wildman–Crippen LogP) is 4.92. The summed E-state index contributed by atoms with van der Waals surface area (Å²) in [4.78, 5) is 20.3. The van der Waals surface area contributed by atoms with Crippen LogP contribution in [0, 0.1) is 17.2 Å². The van der Waals surface area contributed by atoms with Crippen LogP contribution in [0.1, 0.15) is 48.9 Å². The number of aromatic nitrogens is 1. The number of aliphatic hydroxyl groups excluding tert-OH is 1. The molecule has 10 heteroatoms. The lowest BCUT2D eigenvalue weighted by atomic mass is 9.67. The third-order valence-corrected chi connectivity index (χ3v) is 8.33. The number of nitrogens with zero attached hydrogens (tertiary/aromatic N) is 3. The fourth-order valence-electron chi connectivity index (χ4n) is 5.69. The van der Waals surface area contributed by atoms with E-state index >= 15 is 0 Å². The summed E-state index contributed by atoms with van der Waals surface area (Å²) >= 11 is 0. The molecule has 1 amide bonds. The maximum Gasteiger partial charge on any atom is 0.395 e. The summed E-state index contributed by atoms with van der Waals surface area (Å²) in [5.74, 6) is -0.189. The summed E-state index contributed by atoms with van der Waals surface area (Å²) in [6.45, 7) is 2.50. The van der Waals surface area contributed by atoms with E-state index in [4.69, 9.17) is 4.74 Å². The zero-order valence-electron chi connectivity index (χ0n) is 21.2.